The first kappa shape index (κ1) is 25.0. The van der Waals surface area contributed by atoms with Crippen molar-refractivity contribution in [3.8, 4) is 6.07 Å². The third-order valence-electron chi connectivity index (χ3n) is 5.83. The van der Waals surface area contributed by atoms with Crippen molar-refractivity contribution in [2.75, 3.05) is 17.3 Å². The summed E-state index contributed by atoms with van der Waals surface area (Å²) in [5.74, 6) is -0.0727. The monoisotopic (exact) mass is 525 g/mol. The molecular weight excluding hydrogens is 498 g/mol. The first-order chi connectivity index (χ1) is 17.7. The number of anilines is 2. The molecule has 8 heteroatoms. The number of aliphatic imine (C=N–C) groups is 1. The molecule has 0 atom stereocenters. The third-order valence-corrected chi connectivity index (χ3v) is 8.26. The Balaban J connectivity index is 1.60. The van der Waals surface area contributed by atoms with Crippen molar-refractivity contribution in [2.24, 2.45) is 4.99 Å². The second-order valence-corrected chi connectivity index (χ2v) is 11.9. The lowest BCUT2D eigenvalue weighted by molar-refractivity contribution is -0.122. The number of thioether (sulfide) groups is 2. The van der Waals surface area contributed by atoms with Crippen LogP contribution in [0.1, 0.15) is 31.9 Å². The highest BCUT2D eigenvalue weighted by molar-refractivity contribution is 8.19. The molecule has 1 saturated heterocycles. The highest BCUT2D eigenvalue weighted by Crippen LogP contribution is 2.50. The first-order valence-electron chi connectivity index (χ1n) is 11.9. The van der Waals surface area contributed by atoms with Crippen molar-refractivity contribution in [2.45, 2.75) is 37.8 Å². The maximum atomic E-state index is 13.9. The van der Waals surface area contributed by atoms with E-state index in [4.69, 9.17) is 4.99 Å². The van der Waals surface area contributed by atoms with Crippen LogP contribution in [0.15, 0.2) is 92.6 Å². The zero-order valence-corrected chi connectivity index (χ0v) is 22.8. The largest absolute Gasteiger partial charge is 0.379 e. The lowest BCUT2D eigenvalue weighted by atomic mass is 10.1. The molecule has 3 aromatic carbocycles. The van der Waals surface area contributed by atoms with Gasteiger partial charge < -0.3 is 10.2 Å². The molecule has 1 amide bonds. The van der Waals surface area contributed by atoms with E-state index in [1.54, 1.807) is 28.8 Å². The third kappa shape index (κ3) is 5.24. The summed E-state index contributed by atoms with van der Waals surface area (Å²) in [7, 11) is 1.99. The van der Waals surface area contributed by atoms with Crippen LogP contribution in [0.2, 0.25) is 0 Å². The van der Waals surface area contributed by atoms with E-state index in [0.717, 1.165) is 26.9 Å². The second-order valence-electron chi connectivity index (χ2n) is 9.86. The molecule has 5 rings (SSSR count). The van der Waals surface area contributed by atoms with Crippen molar-refractivity contribution in [1.82, 2.24) is 4.90 Å². The Hall–Kier alpha value is -3.67. The number of amides is 1. The summed E-state index contributed by atoms with van der Waals surface area (Å²) in [4.78, 5) is 24.5. The van der Waals surface area contributed by atoms with Gasteiger partial charge in [0.25, 0.3) is 5.91 Å². The lowest BCUT2D eigenvalue weighted by Crippen LogP contribution is -2.29. The zero-order valence-electron chi connectivity index (χ0n) is 21.1. The fourth-order valence-corrected chi connectivity index (χ4v) is 6.47. The molecular formula is C29H27N5OS2. The molecule has 0 radical (unpaired) electrons. The predicted molar refractivity (Wildman–Crippen MR) is 154 cm³/mol. The van der Waals surface area contributed by atoms with Gasteiger partial charge in [-0.2, -0.15) is 5.26 Å². The van der Waals surface area contributed by atoms with E-state index < -0.39 is 0 Å². The number of carbonyl (C=O) groups is 1. The van der Waals surface area contributed by atoms with E-state index in [9.17, 15) is 10.1 Å². The Bertz CT molecular complexity index is 1470. The number of nitriles is 1. The Morgan fingerprint density at radius 2 is 1.73 bits per heavy atom. The Morgan fingerprint density at radius 3 is 2.43 bits per heavy atom. The van der Waals surface area contributed by atoms with Crippen LogP contribution in [-0.2, 0) is 11.3 Å². The van der Waals surface area contributed by atoms with E-state index in [2.05, 4.69) is 49.2 Å². The van der Waals surface area contributed by atoms with Crippen LogP contribution in [0.25, 0.3) is 0 Å². The van der Waals surface area contributed by atoms with Gasteiger partial charge in [-0.15, -0.1) is 0 Å². The molecule has 6 nitrogen and oxygen atoms in total. The van der Waals surface area contributed by atoms with E-state index >= 15 is 0 Å². The average Bonchev–Trinajstić information content (AvgIpc) is 3.36. The maximum absolute atomic E-state index is 13.9. The molecule has 1 N–H and O–H groups in total. The number of rotatable bonds is 4. The molecule has 1 fully saturated rings. The summed E-state index contributed by atoms with van der Waals surface area (Å²) in [6.45, 7) is 6.63. The van der Waals surface area contributed by atoms with Gasteiger partial charge in [-0.1, -0.05) is 54.2 Å². The van der Waals surface area contributed by atoms with Crippen LogP contribution in [0.5, 0.6) is 0 Å². The molecule has 37 heavy (non-hydrogen) atoms. The lowest BCUT2D eigenvalue weighted by Gasteiger charge is -2.23. The van der Waals surface area contributed by atoms with E-state index in [-0.39, 0.29) is 11.4 Å². The molecule has 2 aliphatic rings. The molecule has 0 aliphatic carbocycles. The maximum Gasteiger partial charge on any atom is 0.269 e. The summed E-state index contributed by atoms with van der Waals surface area (Å²) >= 11 is 2.99. The van der Waals surface area contributed by atoms with Crippen LogP contribution >= 0.6 is 23.5 Å². The van der Waals surface area contributed by atoms with Crippen molar-refractivity contribution < 1.29 is 4.79 Å². The molecule has 0 aromatic heterocycles. The van der Waals surface area contributed by atoms with E-state index in [1.165, 1.54) is 11.8 Å². The Morgan fingerprint density at radius 1 is 1.00 bits per heavy atom. The SMILES string of the molecule is CN1/C(=C2/S/C(=N\c3cc(C#N)ccc3NC(C)(C)C)N(Cc3ccccc3)C2=O)Sc2ccccc21. The van der Waals surface area contributed by atoms with Crippen molar-refractivity contribution in [3.05, 3.63) is 93.9 Å². The van der Waals surface area contributed by atoms with Crippen LogP contribution in [0.4, 0.5) is 17.1 Å². The minimum absolute atomic E-state index is 0.0727. The molecule has 186 valence electrons. The second kappa shape index (κ2) is 10.0. The molecule has 0 spiro atoms. The zero-order chi connectivity index (χ0) is 26.2. The van der Waals surface area contributed by atoms with Gasteiger partial charge in [0, 0.05) is 17.5 Å². The fraction of sp³-hybridized carbons (Fsp3) is 0.207. The number of para-hydroxylation sites is 1. The quantitative estimate of drug-likeness (QED) is 0.372. The molecule has 2 heterocycles. The number of nitrogens with zero attached hydrogens (tertiary/aromatic N) is 4. The number of amidine groups is 1. The number of nitrogens with one attached hydrogen (secondary N) is 1. The van der Waals surface area contributed by atoms with Gasteiger partial charge in [0.05, 0.1) is 40.3 Å². The summed E-state index contributed by atoms with van der Waals surface area (Å²) in [5.41, 5.74) is 3.86. The van der Waals surface area contributed by atoms with Gasteiger partial charge in [0.1, 0.15) is 4.91 Å². The molecule has 3 aromatic rings. The molecule has 0 saturated carbocycles. The van der Waals surface area contributed by atoms with Gasteiger partial charge in [-0.25, -0.2) is 4.99 Å². The average molecular weight is 526 g/mol. The van der Waals surface area contributed by atoms with Crippen molar-refractivity contribution >= 4 is 51.7 Å². The first-order valence-corrected chi connectivity index (χ1v) is 13.6. The van der Waals surface area contributed by atoms with Crippen LogP contribution in [-0.4, -0.2) is 28.6 Å². The van der Waals surface area contributed by atoms with E-state index in [1.807, 2.05) is 55.6 Å². The van der Waals surface area contributed by atoms with Crippen LogP contribution in [0, 0.1) is 11.3 Å². The highest BCUT2D eigenvalue weighted by atomic mass is 32.2. The topological polar surface area (TPSA) is 71.7 Å². The smallest absolute Gasteiger partial charge is 0.269 e. The number of carbonyl (C=O) groups excluding carboxylic acids is 1. The molecule has 0 unspecified atom stereocenters. The van der Waals surface area contributed by atoms with Gasteiger partial charge in [-0.05, 0) is 68.4 Å². The minimum Gasteiger partial charge on any atom is -0.379 e. The van der Waals surface area contributed by atoms with Gasteiger partial charge in [0.2, 0.25) is 0 Å². The Labute approximate surface area is 226 Å². The highest BCUT2D eigenvalue weighted by Gasteiger charge is 2.39. The number of benzene rings is 3. The van der Waals surface area contributed by atoms with Gasteiger partial charge >= 0.3 is 0 Å². The molecule has 2 aliphatic heterocycles. The number of hydrogen-bond acceptors (Lipinski definition) is 7. The van der Waals surface area contributed by atoms with Crippen molar-refractivity contribution in [1.29, 1.82) is 5.26 Å². The van der Waals surface area contributed by atoms with Gasteiger partial charge in [-0.3, -0.25) is 9.69 Å². The normalized spacial score (nSPS) is 18.4. The fourth-order valence-electron chi connectivity index (χ4n) is 4.13. The number of fused-ring (bicyclic) bond motifs is 1. The van der Waals surface area contributed by atoms with E-state index in [0.29, 0.717) is 27.9 Å². The Kier molecular flexibility index (Phi) is 6.76. The van der Waals surface area contributed by atoms with Gasteiger partial charge in [0.15, 0.2) is 5.17 Å². The van der Waals surface area contributed by atoms with Crippen LogP contribution < -0.4 is 10.2 Å². The van der Waals surface area contributed by atoms with Crippen LogP contribution in [0.3, 0.4) is 0 Å². The summed E-state index contributed by atoms with van der Waals surface area (Å²) in [6.07, 6.45) is 0. The summed E-state index contributed by atoms with van der Waals surface area (Å²) in [6, 6.07) is 25.7. The molecule has 0 bridgehead atoms. The van der Waals surface area contributed by atoms with Crippen molar-refractivity contribution in [3.63, 3.8) is 0 Å². The summed E-state index contributed by atoms with van der Waals surface area (Å²) < 4.78 is 0. The standard InChI is InChI=1S/C29H27N5OS2/c1-29(2,3)32-21-15-14-20(17-30)16-22(21)31-28-34(18-19-10-6-5-7-11-19)26(35)25(37-28)27-33(4)23-12-8-9-13-24(23)36-27/h5-16,32H,18H2,1-4H3/b27-25-,31-28-. The predicted octanol–water partition coefficient (Wildman–Crippen LogP) is 6.94. The minimum atomic E-state index is -0.201. The summed E-state index contributed by atoms with van der Waals surface area (Å²) in [5, 5.41) is 14.5. The number of hydrogen-bond donors (Lipinski definition) is 1.